The Morgan fingerprint density at radius 1 is 1.43 bits per heavy atom. The number of hydrogen-bond acceptors (Lipinski definition) is 4. The summed E-state index contributed by atoms with van der Waals surface area (Å²) in [6.45, 7) is 0. The maximum atomic E-state index is 11.2. The highest BCUT2D eigenvalue weighted by molar-refractivity contribution is 9.09. The number of cyclic esters (lactones) is 1. The van der Waals surface area contributed by atoms with Crippen LogP contribution in [0.2, 0.25) is 0 Å². The van der Waals surface area contributed by atoms with Gasteiger partial charge in [0.1, 0.15) is 0 Å². The largest absolute Gasteiger partial charge is 0.449 e. The van der Waals surface area contributed by atoms with Crippen molar-refractivity contribution in [3.8, 4) is 0 Å². The molecule has 0 saturated heterocycles. The van der Waals surface area contributed by atoms with E-state index >= 15 is 0 Å². The van der Waals surface area contributed by atoms with Crippen LogP contribution >= 0.6 is 15.9 Å². The lowest BCUT2D eigenvalue weighted by atomic mass is 10.1. The minimum atomic E-state index is -1.92. The standard InChI is InChI=1S/C8H4BrNO4/c9-8(10(12)13)6-4-2-1-3-5(6)7(11)14-8/h1-4H. The Labute approximate surface area is 87.0 Å². The summed E-state index contributed by atoms with van der Waals surface area (Å²) in [5.74, 6) is -0.686. The minimum absolute atomic E-state index is 0.223. The second kappa shape index (κ2) is 2.78. The lowest BCUT2D eigenvalue weighted by Crippen LogP contribution is -2.28. The van der Waals surface area contributed by atoms with Crippen molar-refractivity contribution in [2.24, 2.45) is 0 Å². The molecule has 0 aliphatic carbocycles. The molecule has 1 atom stereocenters. The number of hydrogen-bond donors (Lipinski definition) is 0. The Balaban J connectivity index is 2.65. The average molecular weight is 258 g/mol. The number of benzene rings is 1. The van der Waals surface area contributed by atoms with Gasteiger partial charge in [0.2, 0.25) is 0 Å². The van der Waals surface area contributed by atoms with Gasteiger partial charge in [-0.05, 0) is 12.1 Å². The second-order valence-electron chi connectivity index (χ2n) is 2.75. The first-order valence-electron chi connectivity index (χ1n) is 3.72. The molecule has 0 radical (unpaired) electrons. The van der Waals surface area contributed by atoms with Crippen LogP contribution in [0.4, 0.5) is 0 Å². The van der Waals surface area contributed by atoms with Crippen molar-refractivity contribution in [1.82, 2.24) is 0 Å². The molecule has 1 aromatic carbocycles. The Morgan fingerprint density at radius 3 is 2.71 bits per heavy atom. The van der Waals surface area contributed by atoms with Crippen molar-refractivity contribution in [2.75, 3.05) is 0 Å². The molecule has 14 heavy (non-hydrogen) atoms. The summed E-state index contributed by atoms with van der Waals surface area (Å²) in [5, 5.41) is 10.7. The number of fused-ring (bicyclic) bond motifs is 1. The molecule has 0 spiro atoms. The van der Waals surface area contributed by atoms with Crippen LogP contribution in [0.3, 0.4) is 0 Å². The van der Waals surface area contributed by atoms with Gasteiger partial charge in [0.05, 0.1) is 32.0 Å². The number of carbonyl (C=O) groups is 1. The van der Waals surface area contributed by atoms with Crippen molar-refractivity contribution in [2.45, 2.75) is 4.63 Å². The summed E-state index contributed by atoms with van der Waals surface area (Å²) in [4.78, 5) is 21.3. The molecule has 1 aromatic rings. The van der Waals surface area contributed by atoms with E-state index in [2.05, 4.69) is 20.7 Å². The van der Waals surface area contributed by atoms with Crippen molar-refractivity contribution in [1.29, 1.82) is 0 Å². The monoisotopic (exact) mass is 257 g/mol. The predicted octanol–water partition coefficient (Wildman–Crippen LogP) is 1.64. The van der Waals surface area contributed by atoms with Crippen LogP contribution in [0.5, 0.6) is 0 Å². The van der Waals surface area contributed by atoms with Gasteiger partial charge in [0.15, 0.2) is 0 Å². The van der Waals surface area contributed by atoms with Crippen LogP contribution in [0.25, 0.3) is 0 Å². The number of alkyl halides is 1. The molecule has 0 saturated carbocycles. The molecule has 5 nitrogen and oxygen atoms in total. The SMILES string of the molecule is O=C1OC(Br)([N+](=O)[O-])c2ccccc21. The normalized spacial score (nSPS) is 24.2. The smallest absolute Gasteiger partial charge is 0.379 e. The number of nitrogens with zero attached hydrogens (tertiary/aromatic N) is 1. The molecule has 0 N–H and O–H groups in total. The van der Waals surface area contributed by atoms with Gasteiger partial charge in [-0.2, -0.15) is 0 Å². The third-order valence-electron chi connectivity index (χ3n) is 1.94. The van der Waals surface area contributed by atoms with Crippen molar-refractivity contribution in [3.63, 3.8) is 0 Å². The van der Waals surface area contributed by atoms with Crippen molar-refractivity contribution < 1.29 is 14.5 Å². The first-order valence-corrected chi connectivity index (χ1v) is 4.51. The van der Waals surface area contributed by atoms with Crippen LogP contribution in [0.1, 0.15) is 15.9 Å². The zero-order valence-electron chi connectivity index (χ0n) is 6.77. The van der Waals surface area contributed by atoms with E-state index in [1.54, 1.807) is 12.1 Å². The molecule has 1 heterocycles. The third kappa shape index (κ3) is 1.04. The molecule has 0 fully saturated rings. The van der Waals surface area contributed by atoms with Crippen molar-refractivity contribution in [3.05, 3.63) is 45.5 Å². The maximum Gasteiger partial charge on any atom is 0.449 e. The van der Waals surface area contributed by atoms with Crippen LogP contribution in [0.15, 0.2) is 24.3 Å². The van der Waals surface area contributed by atoms with E-state index in [0.717, 1.165) is 0 Å². The lowest BCUT2D eigenvalue weighted by Gasteiger charge is -2.10. The summed E-state index contributed by atoms with van der Waals surface area (Å²) >= 11 is 2.81. The van der Waals surface area contributed by atoms with Crippen LogP contribution in [-0.4, -0.2) is 10.9 Å². The van der Waals surface area contributed by atoms with Gasteiger partial charge in [-0.25, -0.2) is 4.79 Å². The van der Waals surface area contributed by atoms with Crippen LogP contribution in [0, 0.1) is 10.1 Å². The summed E-state index contributed by atoms with van der Waals surface area (Å²) in [7, 11) is 0. The molecule has 72 valence electrons. The number of esters is 1. The highest BCUT2D eigenvalue weighted by Gasteiger charge is 2.54. The number of rotatable bonds is 1. The fraction of sp³-hybridized carbons (Fsp3) is 0.125. The lowest BCUT2D eigenvalue weighted by molar-refractivity contribution is -0.589. The fourth-order valence-electron chi connectivity index (χ4n) is 1.30. The molecule has 1 aliphatic rings. The third-order valence-corrected chi connectivity index (χ3v) is 2.82. The molecule has 6 heteroatoms. The quantitative estimate of drug-likeness (QED) is 0.252. The van der Waals surface area contributed by atoms with Crippen molar-refractivity contribution >= 4 is 21.9 Å². The fourth-order valence-corrected chi connectivity index (χ4v) is 1.79. The van der Waals surface area contributed by atoms with Gasteiger partial charge in [-0.3, -0.25) is 10.1 Å². The van der Waals surface area contributed by atoms with Gasteiger partial charge in [-0.15, -0.1) is 0 Å². The van der Waals surface area contributed by atoms with E-state index in [1.165, 1.54) is 12.1 Å². The Bertz CT molecular complexity index is 433. The first-order chi connectivity index (χ1) is 6.55. The van der Waals surface area contributed by atoms with Gasteiger partial charge < -0.3 is 4.74 Å². The summed E-state index contributed by atoms with van der Waals surface area (Å²) < 4.78 is 2.74. The zero-order chi connectivity index (χ0) is 10.3. The van der Waals surface area contributed by atoms with E-state index in [4.69, 9.17) is 0 Å². The Morgan fingerprint density at radius 2 is 2.07 bits per heavy atom. The zero-order valence-corrected chi connectivity index (χ0v) is 8.35. The van der Waals surface area contributed by atoms with Crippen LogP contribution < -0.4 is 0 Å². The minimum Gasteiger partial charge on any atom is -0.379 e. The molecule has 1 unspecified atom stereocenters. The predicted molar refractivity (Wildman–Crippen MR) is 49.5 cm³/mol. The highest BCUT2D eigenvalue weighted by Crippen LogP contribution is 2.41. The van der Waals surface area contributed by atoms with E-state index in [0.29, 0.717) is 0 Å². The Kier molecular flexibility index (Phi) is 1.81. The number of ether oxygens (including phenoxy) is 1. The van der Waals surface area contributed by atoms with E-state index < -0.39 is 15.5 Å². The molecule has 0 amide bonds. The van der Waals surface area contributed by atoms with Gasteiger partial charge in [0.25, 0.3) is 0 Å². The number of halogens is 1. The van der Waals surface area contributed by atoms with E-state index in [1.807, 2.05) is 0 Å². The number of carbonyl (C=O) groups excluding carboxylic acids is 1. The van der Waals surface area contributed by atoms with Gasteiger partial charge in [0, 0.05) is 0 Å². The summed E-state index contributed by atoms with van der Waals surface area (Å²) in [5.41, 5.74) is 0.455. The topological polar surface area (TPSA) is 69.4 Å². The summed E-state index contributed by atoms with van der Waals surface area (Å²) in [6.07, 6.45) is 0. The number of nitro groups is 1. The van der Waals surface area contributed by atoms with E-state index in [-0.39, 0.29) is 11.1 Å². The van der Waals surface area contributed by atoms with Gasteiger partial charge >= 0.3 is 10.6 Å². The first kappa shape index (κ1) is 9.14. The highest BCUT2D eigenvalue weighted by atomic mass is 79.9. The van der Waals surface area contributed by atoms with Crippen LogP contribution in [-0.2, 0) is 9.37 Å². The molecular formula is C8H4BrNO4. The second-order valence-corrected chi connectivity index (χ2v) is 3.83. The van der Waals surface area contributed by atoms with E-state index in [9.17, 15) is 14.9 Å². The molecular weight excluding hydrogens is 254 g/mol. The summed E-state index contributed by atoms with van der Waals surface area (Å²) in [6, 6.07) is 6.21. The average Bonchev–Trinajstić information content (AvgIpc) is 2.42. The maximum absolute atomic E-state index is 11.2. The molecule has 0 aromatic heterocycles. The molecule has 0 bridgehead atoms. The molecule has 1 aliphatic heterocycles. The van der Waals surface area contributed by atoms with Gasteiger partial charge in [-0.1, -0.05) is 12.1 Å². The Hall–Kier alpha value is -1.43. The molecule has 2 rings (SSSR count).